The summed E-state index contributed by atoms with van der Waals surface area (Å²) in [4.78, 5) is 27.7. The van der Waals surface area contributed by atoms with E-state index in [-0.39, 0.29) is 30.3 Å². The molecule has 4 N–H and O–H groups in total. The smallest absolute Gasteiger partial charge is 0.242 e. The van der Waals surface area contributed by atoms with E-state index in [0.29, 0.717) is 24.3 Å². The van der Waals surface area contributed by atoms with Crippen LogP contribution in [0.1, 0.15) is 75.3 Å². The van der Waals surface area contributed by atoms with E-state index in [2.05, 4.69) is 16.6 Å². The van der Waals surface area contributed by atoms with E-state index in [1.165, 1.54) is 0 Å². The number of amides is 2. The number of sulfone groups is 1. The zero-order valence-electron chi connectivity index (χ0n) is 26.0. The number of hydrogen-bond acceptors (Lipinski definition) is 6. The summed E-state index contributed by atoms with van der Waals surface area (Å²) in [5.41, 5.74) is 1.48. The summed E-state index contributed by atoms with van der Waals surface area (Å²) in [6.07, 6.45) is 11.3. The number of aliphatic hydroxyl groups excluding tert-OH is 2. The fourth-order valence-corrected chi connectivity index (χ4v) is 8.09. The number of terminal acetylenes is 1. The van der Waals surface area contributed by atoms with Gasteiger partial charge in [-0.3, -0.25) is 9.59 Å². The molecule has 2 saturated carbocycles. The van der Waals surface area contributed by atoms with Crippen LogP contribution in [-0.4, -0.2) is 60.5 Å². The van der Waals surface area contributed by atoms with Crippen molar-refractivity contribution in [2.24, 2.45) is 17.8 Å². The van der Waals surface area contributed by atoms with Crippen molar-refractivity contribution in [1.29, 1.82) is 0 Å². The lowest BCUT2D eigenvalue weighted by atomic mass is 9.82. The molecule has 0 radical (unpaired) electrons. The molecule has 0 unspecified atom stereocenters. The Kier molecular flexibility index (Phi) is 13.0. The number of nitrogens with one attached hydrogen (secondary N) is 2. The number of carbonyl (C=O) groups is 2. The summed E-state index contributed by atoms with van der Waals surface area (Å²) < 4.78 is 26.6. The highest BCUT2D eigenvalue weighted by molar-refractivity contribution is 7.90. The fraction of sp³-hybridized carbons (Fsp3) is 0.556. The molecule has 2 aliphatic carbocycles. The van der Waals surface area contributed by atoms with Gasteiger partial charge in [0.2, 0.25) is 11.8 Å². The largest absolute Gasteiger partial charge is 0.389 e. The van der Waals surface area contributed by atoms with Crippen LogP contribution in [0.15, 0.2) is 60.7 Å². The maximum atomic E-state index is 13.9. The Bertz CT molecular complexity index is 1370. The molecule has 0 aromatic heterocycles. The van der Waals surface area contributed by atoms with Crippen molar-refractivity contribution in [3.8, 4) is 12.3 Å². The molecule has 2 aromatic carbocycles. The lowest BCUT2D eigenvalue weighted by molar-refractivity contribution is -0.132. The lowest BCUT2D eigenvalue weighted by Gasteiger charge is -2.33. The van der Waals surface area contributed by atoms with Gasteiger partial charge in [-0.15, -0.1) is 12.3 Å². The van der Waals surface area contributed by atoms with E-state index in [4.69, 9.17) is 6.42 Å². The number of rotatable bonds is 17. The van der Waals surface area contributed by atoms with E-state index in [1.54, 1.807) is 24.3 Å². The molecule has 9 heteroatoms. The molecule has 0 spiro atoms. The molecule has 2 fully saturated rings. The van der Waals surface area contributed by atoms with Crippen LogP contribution in [0.3, 0.4) is 0 Å². The third-order valence-electron chi connectivity index (χ3n) is 9.05. The van der Waals surface area contributed by atoms with Crippen molar-refractivity contribution >= 4 is 21.7 Å². The van der Waals surface area contributed by atoms with Crippen molar-refractivity contribution in [2.75, 3.05) is 5.75 Å². The Labute approximate surface area is 268 Å². The average molecular weight is 637 g/mol. The zero-order chi connectivity index (χ0) is 32.2. The van der Waals surface area contributed by atoms with Crippen molar-refractivity contribution in [3.63, 3.8) is 0 Å². The van der Waals surface area contributed by atoms with Gasteiger partial charge in [-0.2, -0.15) is 0 Å². The average Bonchev–Trinajstić information content (AvgIpc) is 3.85. The molecule has 0 bridgehead atoms. The van der Waals surface area contributed by atoms with Crippen molar-refractivity contribution in [1.82, 2.24) is 10.6 Å². The molecule has 0 aliphatic heterocycles. The summed E-state index contributed by atoms with van der Waals surface area (Å²) >= 11 is 0. The summed E-state index contributed by atoms with van der Waals surface area (Å²) in [6, 6.07) is 16.5. The van der Waals surface area contributed by atoms with Gasteiger partial charge in [0, 0.05) is 6.42 Å². The molecule has 2 amide bonds. The van der Waals surface area contributed by atoms with E-state index < -0.39 is 51.9 Å². The predicted molar refractivity (Wildman–Crippen MR) is 175 cm³/mol. The van der Waals surface area contributed by atoms with Crippen LogP contribution in [0.2, 0.25) is 0 Å². The van der Waals surface area contributed by atoms with Crippen LogP contribution < -0.4 is 10.6 Å². The van der Waals surface area contributed by atoms with E-state index in [1.807, 2.05) is 36.4 Å². The molecular weight excluding hydrogens is 588 g/mol. The molecule has 2 aromatic rings. The van der Waals surface area contributed by atoms with Crippen molar-refractivity contribution < 1.29 is 28.2 Å². The Morgan fingerprint density at radius 3 is 2.02 bits per heavy atom. The van der Waals surface area contributed by atoms with Gasteiger partial charge in [0.1, 0.15) is 12.1 Å². The molecular formula is C36H48N2O6S. The fourth-order valence-electron chi connectivity index (χ4n) is 6.39. The normalized spacial score (nSPS) is 19.0. The second-order valence-electron chi connectivity index (χ2n) is 13.0. The van der Waals surface area contributed by atoms with Gasteiger partial charge in [0.15, 0.2) is 9.84 Å². The van der Waals surface area contributed by atoms with E-state index >= 15 is 0 Å². The first-order valence-corrected chi connectivity index (χ1v) is 18.1. The van der Waals surface area contributed by atoms with Gasteiger partial charge < -0.3 is 20.8 Å². The minimum Gasteiger partial charge on any atom is -0.389 e. The number of carbonyl (C=O) groups excluding carboxylic acids is 2. The minimum absolute atomic E-state index is 0.0426. The van der Waals surface area contributed by atoms with Crippen LogP contribution in [0.4, 0.5) is 0 Å². The van der Waals surface area contributed by atoms with Gasteiger partial charge in [0.25, 0.3) is 0 Å². The van der Waals surface area contributed by atoms with Gasteiger partial charge >= 0.3 is 0 Å². The summed E-state index contributed by atoms with van der Waals surface area (Å²) in [5.74, 6) is 0.591. The van der Waals surface area contributed by atoms with Crippen molar-refractivity contribution in [2.45, 2.75) is 101 Å². The highest BCUT2D eigenvalue weighted by atomic mass is 32.2. The van der Waals surface area contributed by atoms with Gasteiger partial charge in [0.05, 0.1) is 29.6 Å². The Hall–Kier alpha value is -3.19. The van der Waals surface area contributed by atoms with Gasteiger partial charge in [-0.05, 0) is 42.2 Å². The molecule has 0 heterocycles. The van der Waals surface area contributed by atoms with Gasteiger partial charge in [-0.1, -0.05) is 106 Å². The number of aliphatic hydroxyl groups is 2. The monoisotopic (exact) mass is 636 g/mol. The van der Waals surface area contributed by atoms with E-state index in [9.17, 15) is 28.2 Å². The highest BCUT2D eigenvalue weighted by Gasteiger charge is 2.36. The van der Waals surface area contributed by atoms with Crippen molar-refractivity contribution in [3.05, 3.63) is 71.8 Å². The minimum atomic E-state index is -3.67. The molecule has 45 heavy (non-hydrogen) atoms. The molecule has 4 rings (SSSR count). The Balaban J connectivity index is 1.51. The zero-order valence-corrected chi connectivity index (χ0v) is 26.8. The topological polar surface area (TPSA) is 133 Å². The molecule has 2 aliphatic rings. The van der Waals surface area contributed by atoms with Crippen LogP contribution in [-0.2, 0) is 31.6 Å². The Morgan fingerprint density at radius 1 is 0.822 bits per heavy atom. The first-order valence-electron chi connectivity index (χ1n) is 16.3. The summed E-state index contributed by atoms with van der Waals surface area (Å²) in [6.45, 7) is 0. The highest BCUT2D eigenvalue weighted by Crippen LogP contribution is 2.34. The van der Waals surface area contributed by atoms with Crippen LogP contribution >= 0.6 is 0 Å². The lowest BCUT2D eigenvalue weighted by Crippen LogP contribution is -2.56. The maximum Gasteiger partial charge on any atom is 0.242 e. The van der Waals surface area contributed by atoms with E-state index in [0.717, 1.165) is 50.5 Å². The maximum absolute atomic E-state index is 13.9. The molecule has 5 atom stereocenters. The molecule has 0 saturated heterocycles. The molecule has 244 valence electrons. The summed E-state index contributed by atoms with van der Waals surface area (Å²) in [7, 11) is -3.67. The number of benzene rings is 2. The first kappa shape index (κ1) is 34.7. The van der Waals surface area contributed by atoms with Gasteiger partial charge in [-0.25, -0.2) is 8.42 Å². The van der Waals surface area contributed by atoms with Crippen LogP contribution in [0.25, 0.3) is 0 Å². The Morgan fingerprint density at radius 2 is 1.42 bits per heavy atom. The quantitative estimate of drug-likeness (QED) is 0.195. The number of hydrogen-bond donors (Lipinski definition) is 4. The first-order chi connectivity index (χ1) is 21.6. The predicted octanol–water partition coefficient (Wildman–Crippen LogP) is 3.95. The third kappa shape index (κ3) is 11.6. The second-order valence-corrected chi connectivity index (χ2v) is 15.1. The van der Waals surface area contributed by atoms with Crippen LogP contribution in [0, 0.1) is 30.1 Å². The second kappa shape index (κ2) is 16.9. The third-order valence-corrected chi connectivity index (χ3v) is 10.7. The SMILES string of the molecule is C#CC[C@H](O)[C@H](O)[C@H](CC1CCCCC1)NC(=O)[C@H](CC1CC1)NC(=O)[C@H](Cc1ccccc1)CS(=O)(=O)Cc1ccccc1. The molecule has 8 nitrogen and oxygen atoms in total. The summed E-state index contributed by atoms with van der Waals surface area (Å²) in [5, 5.41) is 27.4. The van der Waals surface area contributed by atoms with Crippen LogP contribution in [0.5, 0.6) is 0 Å². The standard InChI is InChI=1S/C36H48N2O6S/c1-2-12-33(39)34(40)31(22-27-15-8-4-9-16-27)37-36(42)32(23-28-19-20-28)38-35(41)30(21-26-13-6-3-7-14-26)25-45(43,44)24-29-17-10-5-11-18-29/h1,3,5-7,10-11,13-14,17-18,27-28,30-34,39-40H,4,8-9,12,15-16,19-25H2,(H,37,42)(H,38,41)/t30-,31+,32+,33+,34-/m1/s1.